The number of carbonyl (C=O) groups is 1. The molecule has 0 radical (unpaired) electrons. The van der Waals surface area contributed by atoms with Crippen LogP contribution in [0.15, 0.2) is 30.5 Å². The van der Waals surface area contributed by atoms with Gasteiger partial charge in [0.25, 0.3) is 5.91 Å². The van der Waals surface area contributed by atoms with Crippen molar-refractivity contribution >= 4 is 17.5 Å². The highest BCUT2D eigenvalue weighted by Gasteiger charge is 2.20. The minimum absolute atomic E-state index is 0.0809. The van der Waals surface area contributed by atoms with Gasteiger partial charge in [-0.1, -0.05) is 32.0 Å². The molecule has 0 spiro atoms. The number of aryl methyl sites for hydroxylation is 1. The molecule has 0 atom stereocenters. The maximum absolute atomic E-state index is 12.6. The van der Waals surface area contributed by atoms with Crippen LogP contribution in [0.25, 0.3) is 0 Å². The molecule has 1 fully saturated rings. The number of morpholine rings is 1. The van der Waals surface area contributed by atoms with Crippen LogP contribution in [0.1, 0.15) is 41.4 Å². The standard InChI is InChI=1S/C19H24N4O2/c1-13(2)15-6-4-5-14(3)17(15)22-19-20-8-7-16(21-19)18(24)23-9-11-25-12-10-23/h4-8,13H,9-12H2,1-3H3,(H,20,21,22). The Morgan fingerprint density at radius 1 is 1.24 bits per heavy atom. The molecule has 2 heterocycles. The quantitative estimate of drug-likeness (QED) is 0.926. The van der Waals surface area contributed by atoms with Gasteiger partial charge < -0.3 is 15.0 Å². The predicted molar refractivity (Wildman–Crippen MR) is 97.3 cm³/mol. The van der Waals surface area contributed by atoms with Crippen LogP contribution in [0.3, 0.4) is 0 Å². The molecule has 1 aliphatic heterocycles. The minimum atomic E-state index is -0.0809. The van der Waals surface area contributed by atoms with Gasteiger partial charge in [0.1, 0.15) is 5.69 Å². The number of anilines is 2. The van der Waals surface area contributed by atoms with Crippen molar-refractivity contribution in [2.75, 3.05) is 31.6 Å². The maximum Gasteiger partial charge on any atom is 0.272 e. The zero-order valence-corrected chi connectivity index (χ0v) is 15.0. The first kappa shape index (κ1) is 17.4. The lowest BCUT2D eigenvalue weighted by Gasteiger charge is -2.26. The van der Waals surface area contributed by atoms with Gasteiger partial charge in [0.15, 0.2) is 0 Å². The van der Waals surface area contributed by atoms with E-state index in [4.69, 9.17) is 4.74 Å². The molecule has 0 bridgehead atoms. The number of aromatic nitrogens is 2. The lowest BCUT2D eigenvalue weighted by molar-refractivity contribution is 0.0299. The van der Waals surface area contributed by atoms with E-state index >= 15 is 0 Å². The van der Waals surface area contributed by atoms with E-state index in [1.807, 2.05) is 0 Å². The number of hydrogen-bond donors (Lipinski definition) is 1. The summed E-state index contributed by atoms with van der Waals surface area (Å²) in [5.74, 6) is 0.735. The van der Waals surface area contributed by atoms with Crippen molar-refractivity contribution in [3.8, 4) is 0 Å². The van der Waals surface area contributed by atoms with Crippen LogP contribution in [0.2, 0.25) is 0 Å². The highest BCUT2D eigenvalue weighted by Crippen LogP contribution is 2.29. The SMILES string of the molecule is Cc1cccc(C(C)C)c1Nc1nccc(C(=O)N2CCOCC2)n1. The third kappa shape index (κ3) is 3.96. The van der Waals surface area contributed by atoms with E-state index in [1.165, 1.54) is 5.56 Å². The number of amides is 1. The third-order valence-electron chi connectivity index (χ3n) is 4.34. The van der Waals surface area contributed by atoms with Crippen molar-refractivity contribution in [2.45, 2.75) is 26.7 Å². The van der Waals surface area contributed by atoms with Crippen LogP contribution in [0.4, 0.5) is 11.6 Å². The molecule has 6 heteroatoms. The summed E-state index contributed by atoms with van der Waals surface area (Å²) in [5.41, 5.74) is 3.74. The van der Waals surface area contributed by atoms with Crippen molar-refractivity contribution in [1.82, 2.24) is 14.9 Å². The van der Waals surface area contributed by atoms with Gasteiger partial charge in [0, 0.05) is 25.0 Å². The van der Waals surface area contributed by atoms with E-state index in [1.54, 1.807) is 17.2 Å². The second kappa shape index (κ2) is 7.61. The Morgan fingerprint density at radius 3 is 2.72 bits per heavy atom. The van der Waals surface area contributed by atoms with Gasteiger partial charge in [-0.15, -0.1) is 0 Å². The summed E-state index contributed by atoms with van der Waals surface area (Å²) < 4.78 is 5.30. The van der Waals surface area contributed by atoms with E-state index in [2.05, 4.69) is 54.3 Å². The summed E-state index contributed by atoms with van der Waals surface area (Å²) >= 11 is 0. The Morgan fingerprint density at radius 2 is 2.00 bits per heavy atom. The van der Waals surface area contributed by atoms with Crippen LogP contribution in [-0.4, -0.2) is 47.1 Å². The van der Waals surface area contributed by atoms with Crippen molar-refractivity contribution in [3.63, 3.8) is 0 Å². The number of rotatable bonds is 4. The molecule has 132 valence electrons. The van der Waals surface area contributed by atoms with Crippen molar-refractivity contribution in [3.05, 3.63) is 47.3 Å². The van der Waals surface area contributed by atoms with Crippen LogP contribution in [0, 0.1) is 6.92 Å². The van der Waals surface area contributed by atoms with Crippen molar-refractivity contribution in [2.24, 2.45) is 0 Å². The fourth-order valence-corrected chi connectivity index (χ4v) is 2.92. The largest absolute Gasteiger partial charge is 0.378 e. The zero-order chi connectivity index (χ0) is 17.8. The lowest BCUT2D eigenvalue weighted by atomic mass is 9.98. The summed E-state index contributed by atoms with van der Waals surface area (Å²) in [4.78, 5) is 23.1. The number of ether oxygens (including phenoxy) is 1. The number of benzene rings is 1. The molecule has 1 aliphatic rings. The molecule has 1 aromatic carbocycles. The van der Waals surface area contributed by atoms with E-state index in [9.17, 15) is 4.79 Å². The topological polar surface area (TPSA) is 67.4 Å². The number of nitrogens with zero attached hydrogens (tertiary/aromatic N) is 3. The Bertz CT molecular complexity index is 755. The lowest BCUT2D eigenvalue weighted by Crippen LogP contribution is -2.41. The molecule has 1 saturated heterocycles. The van der Waals surface area contributed by atoms with Crippen LogP contribution in [0.5, 0.6) is 0 Å². The summed E-state index contributed by atoms with van der Waals surface area (Å²) in [6.45, 7) is 8.70. The average Bonchev–Trinajstić information content (AvgIpc) is 2.63. The Labute approximate surface area is 148 Å². The summed E-state index contributed by atoms with van der Waals surface area (Å²) in [6, 6.07) is 7.86. The Kier molecular flexibility index (Phi) is 5.28. The first-order valence-electron chi connectivity index (χ1n) is 8.63. The molecule has 1 aromatic heterocycles. The van der Waals surface area contributed by atoms with Crippen molar-refractivity contribution in [1.29, 1.82) is 0 Å². The highest BCUT2D eigenvalue weighted by atomic mass is 16.5. The molecule has 2 aromatic rings. The van der Waals surface area contributed by atoms with E-state index in [-0.39, 0.29) is 5.91 Å². The molecule has 0 saturated carbocycles. The third-order valence-corrected chi connectivity index (χ3v) is 4.34. The average molecular weight is 340 g/mol. The fourth-order valence-electron chi connectivity index (χ4n) is 2.92. The van der Waals surface area contributed by atoms with Gasteiger partial charge in [-0.25, -0.2) is 9.97 Å². The van der Waals surface area contributed by atoms with Gasteiger partial charge in [-0.3, -0.25) is 4.79 Å². The molecule has 1 amide bonds. The molecule has 0 unspecified atom stereocenters. The number of nitrogens with one attached hydrogen (secondary N) is 1. The Hall–Kier alpha value is -2.47. The molecule has 1 N–H and O–H groups in total. The number of hydrogen-bond acceptors (Lipinski definition) is 5. The molecule has 3 rings (SSSR count). The minimum Gasteiger partial charge on any atom is -0.378 e. The fraction of sp³-hybridized carbons (Fsp3) is 0.421. The van der Waals surface area contributed by atoms with E-state index < -0.39 is 0 Å². The first-order valence-corrected chi connectivity index (χ1v) is 8.63. The van der Waals surface area contributed by atoms with Gasteiger partial charge in [0.05, 0.1) is 13.2 Å². The normalized spacial score (nSPS) is 14.6. The van der Waals surface area contributed by atoms with Crippen molar-refractivity contribution < 1.29 is 9.53 Å². The zero-order valence-electron chi connectivity index (χ0n) is 15.0. The second-order valence-electron chi connectivity index (χ2n) is 6.49. The summed E-state index contributed by atoms with van der Waals surface area (Å²) in [5, 5.41) is 3.30. The van der Waals surface area contributed by atoms with E-state index in [0.717, 1.165) is 11.3 Å². The highest BCUT2D eigenvalue weighted by molar-refractivity contribution is 5.92. The van der Waals surface area contributed by atoms with Gasteiger partial charge in [-0.2, -0.15) is 0 Å². The van der Waals surface area contributed by atoms with Crippen LogP contribution < -0.4 is 5.32 Å². The summed E-state index contributed by atoms with van der Waals surface area (Å²) in [6.07, 6.45) is 1.62. The predicted octanol–water partition coefficient (Wildman–Crippen LogP) is 3.12. The van der Waals surface area contributed by atoms with E-state index in [0.29, 0.717) is 43.9 Å². The first-order chi connectivity index (χ1) is 12.1. The molecule has 25 heavy (non-hydrogen) atoms. The number of para-hydroxylation sites is 1. The maximum atomic E-state index is 12.6. The van der Waals surface area contributed by atoms with Gasteiger partial charge >= 0.3 is 0 Å². The molecular formula is C19H24N4O2. The van der Waals surface area contributed by atoms with Gasteiger partial charge in [0.2, 0.25) is 5.95 Å². The molecular weight excluding hydrogens is 316 g/mol. The molecule has 0 aliphatic carbocycles. The van der Waals surface area contributed by atoms with Gasteiger partial charge in [-0.05, 0) is 30.0 Å². The van der Waals surface area contributed by atoms with Crippen LogP contribution >= 0.6 is 0 Å². The Balaban J connectivity index is 1.84. The summed E-state index contributed by atoms with van der Waals surface area (Å²) in [7, 11) is 0. The number of carbonyl (C=O) groups excluding carboxylic acids is 1. The second-order valence-corrected chi connectivity index (χ2v) is 6.49. The van der Waals surface area contributed by atoms with Crippen LogP contribution in [-0.2, 0) is 4.74 Å². The smallest absolute Gasteiger partial charge is 0.272 e. The molecule has 6 nitrogen and oxygen atoms in total. The monoisotopic (exact) mass is 340 g/mol.